The summed E-state index contributed by atoms with van der Waals surface area (Å²) in [6.45, 7) is 4.72. The van der Waals surface area contributed by atoms with E-state index in [1.54, 1.807) is 29.2 Å². The van der Waals surface area contributed by atoms with Crippen LogP contribution in [0.15, 0.2) is 36.9 Å². The Bertz CT molecular complexity index is 583. The van der Waals surface area contributed by atoms with Crippen molar-refractivity contribution in [2.75, 3.05) is 19.6 Å². The van der Waals surface area contributed by atoms with E-state index >= 15 is 0 Å². The number of hydrogen-bond donors (Lipinski definition) is 2. The van der Waals surface area contributed by atoms with Crippen molar-refractivity contribution in [3.8, 4) is 0 Å². The van der Waals surface area contributed by atoms with E-state index in [0.29, 0.717) is 36.5 Å². The number of likely N-dealkylation sites (tertiary alicyclic amines) is 1. The van der Waals surface area contributed by atoms with Crippen LogP contribution in [0, 0.1) is 5.92 Å². The predicted molar refractivity (Wildman–Crippen MR) is 88.9 cm³/mol. The van der Waals surface area contributed by atoms with Gasteiger partial charge in [0.15, 0.2) is 0 Å². The van der Waals surface area contributed by atoms with Crippen LogP contribution in [0.3, 0.4) is 0 Å². The molecule has 6 heteroatoms. The van der Waals surface area contributed by atoms with Gasteiger partial charge in [0.25, 0.3) is 0 Å². The van der Waals surface area contributed by atoms with E-state index in [-0.39, 0.29) is 24.3 Å². The Morgan fingerprint density at radius 1 is 1.43 bits per heavy atom. The first-order chi connectivity index (χ1) is 11.0. The van der Waals surface area contributed by atoms with Crippen LogP contribution in [0.1, 0.15) is 24.5 Å². The van der Waals surface area contributed by atoms with Gasteiger partial charge in [0.1, 0.15) is 0 Å². The van der Waals surface area contributed by atoms with Gasteiger partial charge in [-0.15, -0.1) is 0 Å². The van der Waals surface area contributed by atoms with E-state index < -0.39 is 6.10 Å². The molecule has 1 aromatic rings. The van der Waals surface area contributed by atoms with Crippen molar-refractivity contribution in [1.29, 1.82) is 0 Å². The molecule has 1 heterocycles. The zero-order valence-electron chi connectivity index (χ0n) is 12.9. The van der Waals surface area contributed by atoms with Crippen LogP contribution in [0.4, 0.5) is 0 Å². The summed E-state index contributed by atoms with van der Waals surface area (Å²) in [6.07, 6.45) is 1.75. The summed E-state index contributed by atoms with van der Waals surface area (Å²) in [5.74, 6) is -0.313. The highest BCUT2D eigenvalue weighted by Crippen LogP contribution is 2.19. The van der Waals surface area contributed by atoms with E-state index in [1.165, 1.54) is 6.08 Å². The first kappa shape index (κ1) is 17.5. The maximum Gasteiger partial charge on any atom is 0.245 e. The summed E-state index contributed by atoms with van der Waals surface area (Å²) < 4.78 is 0. The number of carbonyl (C=O) groups excluding carboxylic acids is 2. The van der Waals surface area contributed by atoms with Crippen molar-refractivity contribution in [3.05, 3.63) is 47.5 Å². The van der Waals surface area contributed by atoms with Gasteiger partial charge in [-0.25, -0.2) is 0 Å². The SMILES string of the molecule is C=CC(=O)N1CCC(C(=O)NCC(O)c2cccc(Cl)c2)CC1. The molecule has 23 heavy (non-hydrogen) atoms. The maximum atomic E-state index is 12.2. The number of nitrogens with one attached hydrogen (secondary N) is 1. The predicted octanol–water partition coefficient (Wildman–Crippen LogP) is 1.91. The van der Waals surface area contributed by atoms with Crippen LogP contribution in [0.5, 0.6) is 0 Å². The minimum absolute atomic E-state index is 0.0863. The molecule has 0 aliphatic carbocycles. The largest absolute Gasteiger partial charge is 0.387 e. The van der Waals surface area contributed by atoms with Crippen LogP contribution in [0.2, 0.25) is 5.02 Å². The van der Waals surface area contributed by atoms with Crippen LogP contribution in [0.25, 0.3) is 0 Å². The lowest BCUT2D eigenvalue weighted by molar-refractivity contribution is -0.132. The van der Waals surface area contributed by atoms with Crippen molar-refractivity contribution >= 4 is 23.4 Å². The molecule has 2 amide bonds. The molecule has 0 radical (unpaired) electrons. The maximum absolute atomic E-state index is 12.2. The second-order valence-electron chi connectivity index (χ2n) is 5.62. The Morgan fingerprint density at radius 2 is 2.13 bits per heavy atom. The highest BCUT2D eigenvalue weighted by molar-refractivity contribution is 6.30. The molecule has 0 bridgehead atoms. The van der Waals surface area contributed by atoms with Gasteiger partial charge in [-0.3, -0.25) is 9.59 Å². The van der Waals surface area contributed by atoms with E-state index in [0.717, 1.165) is 0 Å². The first-order valence-corrected chi connectivity index (χ1v) is 8.01. The number of benzene rings is 1. The minimum Gasteiger partial charge on any atom is -0.387 e. The summed E-state index contributed by atoms with van der Waals surface area (Å²) >= 11 is 5.89. The number of nitrogens with zero attached hydrogens (tertiary/aromatic N) is 1. The molecular weight excluding hydrogens is 316 g/mol. The smallest absolute Gasteiger partial charge is 0.245 e. The number of carbonyl (C=O) groups is 2. The lowest BCUT2D eigenvalue weighted by Crippen LogP contribution is -2.43. The van der Waals surface area contributed by atoms with Gasteiger partial charge in [0.05, 0.1) is 6.10 Å². The molecule has 1 saturated heterocycles. The van der Waals surface area contributed by atoms with Crippen LogP contribution >= 0.6 is 11.6 Å². The second-order valence-corrected chi connectivity index (χ2v) is 6.06. The van der Waals surface area contributed by atoms with Crippen LogP contribution in [-0.4, -0.2) is 41.5 Å². The van der Waals surface area contributed by atoms with Gasteiger partial charge in [-0.05, 0) is 36.6 Å². The van der Waals surface area contributed by atoms with Gasteiger partial charge in [0, 0.05) is 30.6 Å². The van der Waals surface area contributed by atoms with Crippen molar-refractivity contribution in [3.63, 3.8) is 0 Å². The van der Waals surface area contributed by atoms with E-state index in [4.69, 9.17) is 11.6 Å². The fraction of sp³-hybridized carbons (Fsp3) is 0.412. The van der Waals surface area contributed by atoms with Gasteiger partial charge in [-0.2, -0.15) is 0 Å². The lowest BCUT2D eigenvalue weighted by Gasteiger charge is -2.30. The number of halogens is 1. The quantitative estimate of drug-likeness (QED) is 0.807. The van der Waals surface area contributed by atoms with Crippen molar-refractivity contribution < 1.29 is 14.7 Å². The second kappa shape index (κ2) is 8.13. The Morgan fingerprint density at radius 3 is 2.74 bits per heavy atom. The van der Waals surface area contributed by atoms with E-state index in [9.17, 15) is 14.7 Å². The molecule has 1 fully saturated rings. The molecule has 1 aliphatic rings. The fourth-order valence-corrected chi connectivity index (χ4v) is 2.86. The lowest BCUT2D eigenvalue weighted by atomic mass is 9.95. The Kier molecular flexibility index (Phi) is 6.19. The van der Waals surface area contributed by atoms with Gasteiger partial charge >= 0.3 is 0 Å². The summed E-state index contributed by atoms with van der Waals surface area (Å²) in [6, 6.07) is 6.93. The van der Waals surface area contributed by atoms with Crippen molar-refractivity contribution in [1.82, 2.24) is 10.2 Å². The molecular formula is C17H21ClN2O3. The number of piperidine rings is 1. The average molecular weight is 337 g/mol. The Balaban J connectivity index is 1.79. The number of amides is 2. The summed E-state index contributed by atoms with van der Waals surface area (Å²) in [5.41, 5.74) is 0.671. The highest BCUT2D eigenvalue weighted by Gasteiger charge is 2.26. The topological polar surface area (TPSA) is 69.6 Å². The minimum atomic E-state index is -0.792. The van der Waals surface area contributed by atoms with Gasteiger partial charge in [0.2, 0.25) is 11.8 Å². The van der Waals surface area contributed by atoms with Crippen LogP contribution in [-0.2, 0) is 9.59 Å². The summed E-state index contributed by atoms with van der Waals surface area (Å²) in [5, 5.41) is 13.4. The Labute approximate surface area is 140 Å². The number of aliphatic hydroxyl groups is 1. The highest BCUT2D eigenvalue weighted by atomic mass is 35.5. The summed E-state index contributed by atoms with van der Waals surface area (Å²) in [7, 11) is 0. The monoisotopic (exact) mass is 336 g/mol. The zero-order chi connectivity index (χ0) is 16.8. The molecule has 5 nitrogen and oxygen atoms in total. The van der Waals surface area contributed by atoms with E-state index in [1.807, 2.05) is 0 Å². The van der Waals surface area contributed by atoms with Gasteiger partial charge < -0.3 is 15.3 Å². The third-order valence-corrected chi connectivity index (χ3v) is 4.29. The molecule has 0 aromatic heterocycles. The summed E-state index contributed by atoms with van der Waals surface area (Å²) in [4.78, 5) is 25.4. The third kappa shape index (κ3) is 4.81. The molecule has 2 rings (SSSR count). The molecule has 1 aromatic carbocycles. The van der Waals surface area contributed by atoms with Crippen LogP contribution < -0.4 is 5.32 Å². The molecule has 124 valence electrons. The Hall–Kier alpha value is -1.85. The third-order valence-electron chi connectivity index (χ3n) is 4.06. The normalized spacial score (nSPS) is 16.7. The zero-order valence-corrected chi connectivity index (χ0v) is 13.6. The van der Waals surface area contributed by atoms with E-state index in [2.05, 4.69) is 11.9 Å². The first-order valence-electron chi connectivity index (χ1n) is 7.64. The number of rotatable bonds is 5. The van der Waals surface area contributed by atoms with Gasteiger partial charge in [-0.1, -0.05) is 30.3 Å². The molecule has 1 atom stereocenters. The molecule has 0 saturated carbocycles. The van der Waals surface area contributed by atoms with Crippen molar-refractivity contribution in [2.24, 2.45) is 5.92 Å². The number of hydrogen-bond acceptors (Lipinski definition) is 3. The molecule has 1 aliphatic heterocycles. The van der Waals surface area contributed by atoms with Crippen molar-refractivity contribution in [2.45, 2.75) is 18.9 Å². The molecule has 0 spiro atoms. The molecule has 2 N–H and O–H groups in total. The average Bonchev–Trinajstić information content (AvgIpc) is 2.58. The fourth-order valence-electron chi connectivity index (χ4n) is 2.66. The number of aliphatic hydroxyl groups excluding tert-OH is 1. The standard InChI is InChI=1S/C17H21ClN2O3/c1-2-16(22)20-8-6-12(7-9-20)17(23)19-11-15(21)13-4-3-5-14(18)10-13/h2-5,10,12,15,21H,1,6-9,11H2,(H,19,23). The molecule has 1 unspecified atom stereocenters.